The fraction of sp³-hybridized carbons (Fsp3) is 0.524. The highest BCUT2D eigenvalue weighted by molar-refractivity contribution is 7.89. The van der Waals surface area contributed by atoms with Crippen molar-refractivity contribution in [2.75, 3.05) is 18.4 Å². The number of aromatic nitrogens is 1. The van der Waals surface area contributed by atoms with Crippen LogP contribution in [-0.2, 0) is 20.2 Å². The fourth-order valence-electron chi connectivity index (χ4n) is 3.81. The molecule has 0 unspecified atom stereocenters. The number of para-hydroxylation sites is 1. The lowest BCUT2D eigenvalue weighted by Gasteiger charge is -2.31. The van der Waals surface area contributed by atoms with Gasteiger partial charge in [0.25, 0.3) is 0 Å². The second-order valence-electron chi connectivity index (χ2n) is 8.62. The molecule has 3 rings (SSSR count). The second kappa shape index (κ2) is 7.91. The van der Waals surface area contributed by atoms with Gasteiger partial charge >= 0.3 is 0 Å². The Morgan fingerprint density at radius 3 is 2.34 bits per heavy atom. The molecule has 1 saturated heterocycles. The first kappa shape index (κ1) is 21.5. The first-order valence-electron chi connectivity index (χ1n) is 9.85. The minimum atomic E-state index is -3.67. The molecular formula is C21H29N3O4S. The lowest BCUT2D eigenvalue weighted by atomic mass is 9.85. The zero-order chi connectivity index (χ0) is 21.4. The predicted octanol–water partition coefficient (Wildman–Crippen LogP) is 3.63. The van der Waals surface area contributed by atoms with Crippen LogP contribution in [0.5, 0.6) is 0 Å². The molecule has 0 aliphatic carbocycles. The van der Waals surface area contributed by atoms with E-state index >= 15 is 0 Å². The van der Waals surface area contributed by atoms with Crippen LogP contribution < -0.4 is 5.32 Å². The lowest BCUT2D eigenvalue weighted by molar-refractivity contribution is -0.120. The minimum absolute atomic E-state index is 0.0592. The van der Waals surface area contributed by atoms with E-state index in [9.17, 15) is 13.2 Å². The molecule has 0 bridgehead atoms. The van der Waals surface area contributed by atoms with Crippen molar-refractivity contribution in [1.29, 1.82) is 0 Å². The molecule has 2 heterocycles. The molecule has 7 nitrogen and oxygen atoms in total. The van der Waals surface area contributed by atoms with Gasteiger partial charge in [0.15, 0.2) is 5.76 Å². The Bertz CT molecular complexity index is 978. The zero-order valence-corrected chi connectivity index (χ0v) is 18.5. The lowest BCUT2D eigenvalue weighted by Crippen LogP contribution is -2.41. The number of nitrogens with zero attached hydrogens (tertiary/aromatic N) is 2. The highest BCUT2D eigenvalue weighted by Gasteiger charge is 2.35. The molecule has 1 amide bonds. The van der Waals surface area contributed by atoms with Crippen molar-refractivity contribution in [2.45, 2.75) is 57.8 Å². The van der Waals surface area contributed by atoms with Crippen molar-refractivity contribution in [3.05, 3.63) is 41.3 Å². The molecule has 1 N–H and O–H groups in total. The summed E-state index contributed by atoms with van der Waals surface area (Å²) in [5, 5.41) is 6.80. The largest absolute Gasteiger partial charge is 0.360 e. The van der Waals surface area contributed by atoms with Crippen molar-refractivity contribution < 1.29 is 17.7 Å². The van der Waals surface area contributed by atoms with Gasteiger partial charge in [-0.1, -0.05) is 44.1 Å². The summed E-state index contributed by atoms with van der Waals surface area (Å²) in [7, 11) is -3.67. The quantitative estimate of drug-likeness (QED) is 0.817. The van der Waals surface area contributed by atoms with Gasteiger partial charge in [-0.25, -0.2) is 8.42 Å². The van der Waals surface area contributed by atoms with Crippen LogP contribution in [0.1, 0.15) is 50.6 Å². The maximum Gasteiger partial charge on any atom is 0.248 e. The Kier molecular flexibility index (Phi) is 5.87. The third kappa shape index (κ3) is 4.38. The number of nitrogens with one attached hydrogen (secondary N) is 1. The summed E-state index contributed by atoms with van der Waals surface area (Å²) < 4.78 is 32.3. The standard InChI is InChI=1S/C21H29N3O4S/c1-14-19(15(2)28-23-14)29(26,27)24-12-10-16(11-13-24)20(25)22-18-9-7-6-8-17(18)21(3,4)5/h6-9,16H,10-13H2,1-5H3,(H,22,25). The molecule has 1 aromatic heterocycles. The SMILES string of the molecule is Cc1noc(C)c1S(=O)(=O)N1CCC(C(=O)Nc2ccccc2C(C)(C)C)CC1. The monoisotopic (exact) mass is 419 g/mol. The fourth-order valence-corrected chi connectivity index (χ4v) is 5.57. The third-order valence-electron chi connectivity index (χ3n) is 5.38. The van der Waals surface area contributed by atoms with E-state index < -0.39 is 10.0 Å². The van der Waals surface area contributed by atoms with E-state index in [4.69, 9.17) is 4.52 Å². The van der Waals surface area contributed by atoms with Crippen LogP contribution in [0.25, 0.3) is 0 Å². The van der Waals surface area contributed by atoms with Gasteiger partial charge in [0, 0.05) is 24.7 Å². The van der Waals surface area contributed by atoms with Crippen LogP contribution in [0.3, 0.4) is 0 Å². The van der Waals surface area contributed by atoms with Gasteiger partial charge in [-0.2, -0.15) is 4.31 Å². The van der Waals surface area contributed by atoms with Crippen LogP contribution in [0.15, 0.2) is 33.7 Å². The summed E-state index contributed by atoms with van der Waals surface area (Å²) in [6, 6.07) is 7.81. The van der Waals surface area contributed by atoms with Crippen molar-refractivity contribution in [2.24, 2.45) is 5.92 Å². The number of sulfonamides is 1. The average molecular weight is 420 g/mol. The summed E-state index contributed by atoms with van der Waals surface area (Å²) >= 11 is 0. The van der Waals surface area contributed by atoms with Crippen LogP contribution in [0.4, 0.5) is 5.69 Å². The summed E-state index contributed by atoms with van der Waals surface area (Å²) in [6.07, 6.45) is 0.957. The number of hydrogen-bond acceptors (Lipinski definition) is 5. The average Bonchev–Trinajstić information content (AvgIpc) is 3.00. The smallest absolute Gasteiger partial charge is 0.248 e. The maximum atomic E-state index is 12.9. The molecule has 0 saturated carbocycles. The number of anilines is 1. The molecule has 1 aromatic carbocycles. The van der Waals surface area contributed by atoms with Crippen LogP contribution in [0, 0.1) is 19.8 Å². The number of carbonyl (C=O) groups is 1. The Hall–Kier alpha value is -2.19. The van der Waals surface area contributed by atoms with Gasteiger partial charge in [0.2, 0.25) is 15.9 Å². The van der Waals surface area contributed by atoms with Crippen LogP contribution >= 0.6 is 0 Å². The number of aryl methyl sites for hydroxylation is 2. The van der Waals surface area contributed by atoms with Gasteiger partial charge in [0.05, 0.1) is 0 Å². The number of carbonyl (C=O) groups excluding carboxylic acids is 1. The Balaban J connectivity index is 1.68. The molecular weight excluding hydrogens is 390 g/mol. The molecule has 2 aromatic rings. The Morgan fingerprint density at radius 2 is 1.79 bits per heavy atom. The van der Waals surface area contributed by atoms with Gasteiger partial charge in [-0.3, -0.25) is 4.79 Å². The predicted molar refractivity (Wildman–Crippen MR) is 111 cm³/mol. The first-order valence-corrected chi connectivity index (χ1v) is 11.3. The molecule has 0 radical (unpaired) electrons. The van der Waals surface area contributed by atoms with Crippen molar-refractivity contribution in [3.8, 4) is 0 Å². The van der Waals surface area contributed by atoms with E-state index in [1.54, 1.807) is 13.8 Å². The van der Waals surface area contributed by atoms with E-state index in [1.165, 1.54) is 4.31 Å². The topological polar surface area (TPSA) is 92.5 Å². The zero-order valence-electron chi connectivity index (χ0n) is 17.7. The van der Waals surface area contributed by atoms with E-state index in [2.05, 4.69) is 31.2 Å². The first-order chi connectivity index (χ1) is 13.5. The highest BCUT2D eigenvalue weighted by atomic mass is 32.2. The van der Waals surface area contributed by atoms with Crippen molar-refractivity contribution >= 4 is 21.6 Å². The number of benzene rings is 1. The summed E-state index contributed by atoms with van der Waals surface area (Å²) in [5.74, 6) is 0.0105. The molecule has 1 fully saturated rings. The minimum Gasteiger partial charge on any atom is -0.360 e. The molecule has 1 aliphatic heterocycles. The Labute approximate surface area is 172 Å². The highest BCUT2D eigenvalue weighted by Crippen LogP contribution is 2.31. The summed E-state index contributed by atoms with van der Waals surface area (Å²) in [4.78, 5) is 13.0. The molecule has 8 heteroatoms. The molecule has 158 valence electrons. The number of rotatable bonds is 4. The number of hydrogen-bond donors (Lipinski definition) is 1. The van der Waals surface area contributed by atoms with Crippen molar-refractivity contribution in [1.82, 2.24) is 9.46 Å². The van der Waals surface area contributed by atoms with E-state index in [1.807, 2.05) is 24.3 Å². The van der Waals surface area contributed by atoms with Gasteiger partial charge in [-0.15, -0.1) is 0 Å². The third-order valence-corrected chi connectivity index (χ3v) is 7.53. The van der Waals surface area contributed by atoms with Gasteiger partial charge < -0.3 is 9.84 Å². The van der Waals surface area contributed by atoms with E-state index in [0.29, 0.717) is 37.4 Å². The summed E-state index contributed by atoms with van der Waals surface area (Å²) in [5.41, 5.74) is 2.17. The molecule has 0 atom stereocenters. The number of amides is 1. The van der Waals surface area contributed by atoms with Crippen LogP contribution in [-0.4, -0.2) is 36.9 Å². The van der Waals surface area contributed by atoms with E-state index in [-0.39, 0.29) is 22.1 Å². The Morgan fingerprint density at radius 1 is 1.17 bits per heavy atom. The molecule has 29 heavy (non-hydrogen) atoms. The van der Waals surface area contributed by atoms with Crippen LogP contribution in [0.2, 0.25) is 0 Å². The van der Waals surface area contributed by atoms with E-state index in [0.717, 1.165) is 11.3 Å². The number of piperidine rings is 1. The molecule has 1 aliphatic rings. The normalized spacial score (nSPS) is 16.7. The van der Waals surface area contributed by atoms with Gasteiger partial charge in [0.1, 0.15) is 10.6 Å². The second-order valence-corrected chi connectivity index (χ2v) is 10.5. The molecule has 0 spiro atoms. The van der Waals surface area contributed by atoms with Crippen molar-refractivity contribution in [3.63, 3.8) is 0 Å². The van der Waals surface area contributed by atoms with Gasteiger partial charge in [-0.05, 0) is 43.7 Å². The summed E-state index contributed by atoms with van der Waals surface area (Å²) in [6.45, 7) is 10.1. The maximum absolute atomic E-state index is 12.9.